The molecule has 2 heterocycles. The van der Waals surface area contributed by atoms with E-state index >= 15 is 0 Å². The van der Waals surface area contributed by atoms with Crippen molar-refractivity contribution in [1.82, 2.24) is 5.32 Å². The zero-order chi connectivity index (χ0) is 20.8. The van der Waals surface area contributed by atoms with Crippen LogP contribution in [-0.4, -0.2) is 32.6 Å². The van der Waals surface area contributed by atoms with Crippen molar-refractivity contribution in [3.05, 3.63) is 45.7 Å². The van der Waals surface area contributed by atoms with Crippen LogP contribution in [0.2, 0.25) is 10.0 Å². The average Bonchev–Trinajstić information content (AvgIpc) is 2.77. The maximum Gasteiger partial charge on any atom is 0.166 e. The highest BCUT2D eigenvalue weighted by Gasteiger charge is 2.44. The molecule has 1 saturated heterocycles. The van der Waals surface area contributed by atoms with Crippen molar-refractivity contribution in [2.45, 2.75) is 18.6 Å². The summed E-state index contributed by atoms with van der Waals surface area (Å²) in [6, 6.07) is 7.51. The Morgan fingerprint density at radius 3 is 2.67 bits per heavy atom. The number of piperidine rings is 2. The van der Waals surface area contributed by atoms with Crippen molar-refractivity contribution < 1.29 is 9.13 Å². The molecule has 1 aliphatic carbocycles. The Bertz CT molecular complexity index is 1000. The van der Waals surface area contributed by atoms with Gasteiger partial charge in [-0.05, 0) is 49.5 Å². The third-order valence-electron chi connectivity index (χ3n) is 6.19. The highest BCUT2D eigenvalue weighted by Crippen LogP contribution is 2.43. The number of halogens is 3. The van der Waals surface area contributed by atoms with E-state index in [1.807, 2.05) is 12.1 Å². The smallest absolute Gasteiger partial charge is 0.166 e. The normalized spacial score (nSPS) is 26.3. The fraction of sp³-hybridized carbons (Fsp3) is 0.381. The Morgan fingerprint density at radius 2 is 1.93 bits per heavy atom. The molecule has 0 radical (unpaired) electrons. The maximum absolute atomic E-state index is 14.6. The lowest BCUT2D eigenvalue weighted by molar-refractivity contribution is 0.109. The molecule has 6 nitrogen and oxygen atoms in total. The maximum atomic E-state index is 14.6. The molecule has 0 spiro atoms. The predicted octanol–water partition coefficient (Wildman–Crippen LogP) is 4.73. The quantitative estimate of drug-likeness (QED) is 0.497. The van der Waals surface area contributed by atoms with Gasteiger partial charge >= 0.3 is 0 Å². The molecular formula is C21H22Cl2FN5O. The van der Waals surface area contributed by atoms with Crippen LogP contribution >= 0.6 is 23.2 Å². The first-order chi connectivity index (χ1) is 14.5. The van der Waals surface area contributed by atoms with Crippen LogP contribution in [0.15, 0.2) is 29.3 Å². The molecule has 4 N–H and O–H groups in total. The second-order valence-corrected chi connectivity index (χ2v) is 8.70. The summed E-state index contributed by atoms with van der Waals surface area (Å²) in [6.07, 6.45) is 2.36. The summed E-state index contributed by atoms with van der Waals surface area (Å²) in [6.45, 7) is 2.07. The Balaban J connectivity index is 1.45. The molecule has 4 atom stereocenters. The van der Waals surface area contributed by atoms with E-state index in [4.69, 9.17) is 27.9 Å². The van der Waals surface area contributed by atoms with E-state index in [2.05, 4.69) is 26.3 Å². The number of anilines is 3. The van der Waals surface area contributed by atoms with Gasteiger partial charge in [-0.25, -0.2) is 9.38 Å². The molecule has 2 aliphatic heterocycles. The topological polar surface area (TPSA) is 69.7 Å². The summed E-state index contributed by atoms with van der Waals surface area (Å²) in [5, 5.41) is 13.5. The van der Waals surface area contributed by atoms with Crippen molar-refractivity contribution in [2.75, 3.05) is 36.1 Å². The van der Waals surface area contributed by atoms with Gasteiger partial charge in [0.05, 0.1) is 40.6 Å². The third kappa shape index (κ3) is 3.35. The standard InChI is InChI=1S/C21H22Cl2FN5O/c1-30-17-6-15-12(5-16(17)28-20-10-4-11(20)8-25-7-10)21(27-9-26-15)29-14-3-2-13(22)18(23)19(14)24/h2-3,5-6,9-11,20-21,25,28-29H,4,7-8H2,1H3,(H,26,27)/t10-,11+,20?,21?. The van der Waals surface area contributed by atoms with Gasteiger partial charge in [-0.3, -0.25) is 0 Å². The lowest BCUT2D eigenvalue weighted by atomic mass is 9.67. The Morgan fingerprint density at radius 1 is 1.13 bits per heavy atom. The molecule has 0 amide bonds. The van der Waals surface area contributed by atoms with Crippen LogP contribution in [0.4, 0.5) is 21.5 Å². The van der Waals surface area contributed by atoms with E-state index in [1.165, 1.54) is 6.42 Å². The van der Waals surface area contributed by atoms with Gasteiger partial charge in [0.15, 0.2) is 5.82 Å². The van der Waals surface area contributed by atoms with Crippen molar-refractivity contribution >= 4 is 46.6 Å². The number of hydrogen-bond donors (Lipinski definition) is 4. The van der Waals surface area contributed by atoms with Gasteiger partial charge in [0, 0.05) is 17.7 Å². The minimum Gasteiger partial charge on any atom is -0.495 e. The highest BCUT2D eigenvalue weighted by atomic mass is 35.5. The first-order valence-electron chi connectivity index (χ1n) is 9.92. The molecule has 1 saturated carbocycles. The van der Waals surface area contributed by atoms with E-state index in [-0.39, 0.29) is 15.7 Å². The molecule has 2 aromatic carbocycles. The first-order valence-corrected chi connectivity index (χ1v) is 10.7. The zero-order valence-electron chi connectivity index (χ0n) is 16.3. The molecule has 2 bridgehead atoms. The number of benzene rings is 2. The number of aliphatic imine (C=N–C) groups is 1. The van der Waals surface area contributed by atoms with Crippen LogP contribution in [0.5, 0.6) is 5.75 Å². The fourth-order valence-corrected chi connectivity index (χ4v) is 4.86. The second kappa shape index (κ2) is 7.80. The van der Waals surface area contributed by atoms with Gasteiger partial charge in [0.25, 0.3) is 0 Å². The summed E-state index contributed by atoms with van der Waals surface area (Å²) in [4.78, 5) is 4.46. The number of nitrogens with zero attached hydrogens (tertiary/aromatic N) is 1. The number of fused-ring (bicyclic) bond motifs is 3. The lowest BCUT2D eigenvalue weighted by Gasteiger charge is -2.50. The Hall–Kier alpha value is -2.22. The van der Waals surface area contributed by atoms with Gasteiger partial charge in [-0.2, -0.15) is 0 Å². The van der Waals surface area contributed by atoms with Crippen LogP contribution in [0.25, 0.3) is 0 Å². The molecule has 3 aliphatic rings. The predicted molar refractivity (Wildman–Crippen MR) is 120 cm³/mol. The molecule has 158 valence electrons. The second-order valence-electron chi connectivity index (χ2n) is 7.92. The zero-order valence-corrected chi connectivity index (χ0v) is 17.8. The van der Waals surface area contributed by atoms with Gasteiger partial charge < -0.3 is 26.0 Å². The minimum absolute atomic E-state index is 0.109. The van der Waals surface area contributed by atoms with Crippen molar-refractivity contribution in [2.24, 2.45) is 16.8 Å². The molecule has 2 aromatic rings. The number of ether oxygens (including phenoxy) is 1. The SMILES string of the molecule is COc1cc2c(cc1NC1[C@@H]3CNC[C@H]1C3)C(Nc1ccc(Cl)c(Cl)c1F)N=CN2. The first kappa shape index (κ1) is 19.7. The number of rotatable bonds is 5. The van der Waals surface area contributed by atoms with Gasteiger partial charge in [0.2, 0.25) is 0 Å². The molecule has 2 unspecified atom stereocenters. The summed E-state index contributed by atoms with van der Waals surface area (Å²) in [5.41, 5.74) is 2.89. The number of nitrogens with one attached hydrogen (secondary N) is 4. The summed E-state index contributed by atoms with van der Waals surface area (Å²) in [5.74, 6) is 1.41. The van der Waals surface area contributed by atoms with Crippen molar-refractivity contribution in [3.63, 3.8) is 0 Å². The van der Waals surface area contributed by atoms with Gasteiger partial charge in [-0.1, -0.05) is 23.2 Å². The molecule has 5 rings (SSSR count). The van der Waals surface area contributed by atoms with Crippen LogP contribution in [0.3, 0.4) is 0 Å². The van der Waals surface area contributed by atoms with E-state index in [0.29, 0.717) is 17.9 Å². The molecule has 9 heteroatoms. The fourth-order valence-electron chi connectivity index (χ4n) is 4.55. The average molecular weight is 450 g/mol. The molecule has 0 aromatic heterocycles. The summed E-state index contributed by atoms with van der Waals surface area (Å²) >= 11 is 11.9. The highest BCUT2D eigenvalue weighted by molar-refractivity contribution is 6.42. The van der Waals surface area contributed by atoms with Crippen LogP contribution in [0, 0.1) is 17.7 Å². The largest absolute Gasteiger partial charge is 0.495 e. The van der Waals surface area contributed by atoms with E-state index in [1.54, 1.807) is 25.6 Å². The number of methoxy groups -OCH3 is 1. The van der Waals surface area contributed by atoms with Crippen molar-refractivity contribution in [1.29, 1.82) is 0 Å². The summed E-state index contributed by atoms with van der Waals surface area (Å²) in [7, 11) is 1.66. The van der Waals surface area contributed by atoms with Crippen molar-refractivity contribution in [3.8, 4) is 5.75 Å². The summed E-state index contributed by atoms with van der Waals surface area (Å²) < 4.78 is 20.2. The van der Waals surface area contributed by atoms with Crippen LogP contribution in [-0.2, 0) is 0 Å². The van der Waals surface area contributed by atoms with E-state index in [9.17, 15) is 4.39 Å². The van der Waals surface area contributed by atoms with E-state index < -0.39 is 12.0 Å². The molecule has 2 fully saturated rings. The van der Waals surface area contributed by atoms with Crippen LogP contribution in [0.1, 0.15) is 18.2 Å². The van der Waals surface area contributed by atoms with Crippen LogP contribution < -0.4 is 26.0 Å². The Kier molecular flexibility index (Phi) is 5.13. The number of hydrogen-bond acceptors (Lipinski definition) is 6. The third-order valence-corrected chi connectivity index (χ3v) is 6.97. The van der Waals surface area contributed by atoms with E-state index in [0.717, 1.165) is 35.8 Å². The molecular weight excluding hydrogens is 428 g/mol. The van der Waals surface area contributed by atoms with Gasteiger partial charge in [0.1, 0.15) is 11.9 Å². The lowest BCUT2D eigenvalue weighted by Crippen LogP contribution is -2.59. The Labute approximate surface area is 184 Å². The monoisotopic (exact) mass is 449 g/mol. The molecule has 30 heavy (non-hydrogen) atoms. The van der Waals surface area contributed by atoms with Gasteiger partial charge in [-0.15, -0.1) is 0 Å². The minimum atomic E-state index is -0.596.